The van der Waals surface area contributed by atoms with Crippen LogP contribution >= 0.6 is 0 Å². The van der Waals surface area contributed by atoms with E-state index in [0.717, 1.165) is 37.8 Å². The summed E-state index contributed by atoms with van der Waals surface area (Å²) in [7, 11) is 0. The largest absolute Gasteiger partial charge is 0.478 e. The molecule has 1 aliphatic carbocycles. The highest BCUT2D eigenvalue weighted by Gasteiger charge is 2.41. The second-order valence-corrected chi connectivity index (χ2v) is 5.96. The fourth-order valence-electron chi connectivity index (χ4n) is 2.70. The molecule has 0 aromatic heterocycles. The standard InChI is InChI=1S/C16H26O5/c1-12(17)5-3-2-4-6-13-9-10-16(21,11-13)14(18)7-8-15(19)20/h4,6-8,12-14,17-18,21H,2-3,5,9-11H2,1H3,(H,19,20)/b6-4?,8-7+. The lowest BCUT2D eigenvalue weighted by Gasteiger charge is -2.26. The molecule has 0 aliphatic heterocycles. The lowest BCUT2D eigenvalue weighted by atomic mass is 9.93. The first-order valence-corrected chi connectivity index (χ1v) is 7.50. The van der Waals surface area contributed by atoms with Crippen molar-refractivity contribution in [3.05, 3.63) is 24.3 Å². The predicted molar refractivity (Wildman–Crippen MR) is 79.7 cm³/mol. The number of aliphatic hydroxyl groups is 3. The zero-order valence-corrected chi connectivity index (χ0v) is 12.5. The van der Waals surface area contributed by atoms with E-state index in [4.69, 9.17) is 10.2 Å². The van der Waals surface area contributed by atoms with Crippen molar-refractivity contribution in [3.8, 4) is 0 Å². The topological polar surface area (TPSA) is 98.0 Å². The summed E-state index contributed by atoms with van der Waals surface area (Å²) in [6.45, 7) is 1.77. The molecule has 1 saturated carbocycles. The average molecular weight is 298 g/mol. The normalized spacial score (nSPS) is 29.2. The van der Waals surface area contributed by atoms with E-state index in [9.17, 15) is 15.0 Å². The minimum Gasteiger partial charge on any atom is -0.478 e. The molecule has 0 bridgehead atoms. The highest BCUT2D eigenvalue weighted by molar-refractivity contribution is 5.79. The minimum atomic E-state index is -1.24. The summed E-state index contributed by atoms with van der Waals surface area (Å²) in [6.07, 6.45) is 8.94. The Bertz CT molecular complexity index is 388. The highest BCUT2D eigenvalue weighted by Crippen LogP contribution is 2.38. The van der Waals surface area contributed by atoms with Crippen LogP contribution in [0.5, 0.6) is 0 Å². The van der Waals surface area contributed by atoms with Gasteiger partial charge in [-0.25, -0.2) is 4.79 Å². The van der Waals surface area contributed by atoms with Crippen LogP contribution in [0.1, 0.15) is 45.4 Å². The molecule has 4 N–H and O–H groups in total. The fourth-order valence-corrected chi connectivity index (χ4v) is 2.70. The molecule has 0 radical (unpaired) electrons. The van der Waals surface area contributed by atoms with Crippen LogP contribution in [0.4, 0.5) is 0 Å². The Morgan fingerprint density at radius 1 is 1.43 bits per heavy atom. The van der Waals surface area contributed by atoms with Crippen molar-refractivity contribution < 1.29 is 25.2 Å². The third-order valence-corrected chi connectivity index (χ3v) is 3.94. The third-order valence-electron chi connectivity index (χ3n) is 3.94. The summed E-state index contributed by atoms with van der Waals surface area (Å²) < 4.78 is 0. The van der Waals surface area contributed by atoms with Gasteiger partial charge in [0.15, 0.2) is 0 Å². The van der Waals surface area contributed by atoms with Crippen molar-refractivity contribution >= 4 is 5.97 Å². The maximum Gasteiger partial charge on any atom is 0.328 e. The van der Waals surface area contributed by atoms with Crippen molar-refractivity contribution in [1.29, 1.82) is 0 Å². The Morgan fingerprint density at radius 2 is 2.14 bits per heavy atom. The molecule has 0 heterocycles. The maximum atomic E-state index is 10.4. The van der Waals surface area contributed by atoms with Crippen LogP contribution in [0, 0.1) is 5.92 Å². The minimum absolute atomic E-state index is 0.203. The summed E-state index contributed by atoms with van der Waals surface area (Å²) >= 11 is 0. The molecule has 4 unspecified atom stereocenters. The third kappa shape index (κ3) is 6.42. The molecule has 0 spiro atoms. The number of unbranched alkanes of at least 4 members (excludes halogenated alkanes) is 1. The molecule has 0 saturated heterocycles. The van der Waals surface area contributed by atoms with Gasteiger partial charge in [-0.05, 0) is 57.4 Å². The van der Waals surface area contributed by atoms with Gasteiger partial charge in [0.05, 0.1) is 11.7 Å². The van der Waals surface area contributed by atoms with E-state index >= 15 is 0 Å². The number of aliphatic hydroxyl groups excluding tert-OH is 2. The van der Waals surface area contributed by atoms with Crippen molar-refractivity contribution in [2.24, 2.45) is 5.92 Å². The Kier molecular flexibility index (Phi) is 7.08. The first kappa shape index (κ1) is 17.9. The quantitative estimate of drug-likeness (QED) is 0.310. The van der Waals surface area contributed by atoms with Gasteiger partial charge in [0.2, 0.25) is 0 Å². The van der Waals surface area contributed by atoms with Crippen LogP contribution in [0.2, 0.25) is 0 Å². The molecule has 120 valence electrons. The van der Waals surface area contributed by atoms with Crippen LogP contribution in [-0.2, 0) is 4.79 Å². The average Bonchev–Trinajstić information content (AvgIpc) is 2.78. The molecule has 4 atom stereocenters. The van der Waals surface area contributed by atoms with Crippen LogP contribution in [0.3, 0.4) is 0 Å². The van der Waals surface area contributed by atoms with Gasteiger partial charge >= 0.3 is 5.97 Å². The Labute approximate surface area is 125 Å². The lowest BCUT2D eigenvalue weighted by molar-refractivity contribution is -0.131. The molecular formula is C16H26O5. The summed E-state index contributed by atoms with van der Waals surface area (Å²) in [5, 5.41) is 37.9. The van der Waals surface area contributed by atoms with Gasteiger partial charge in [-0.1, -0.05) is 12.2 Å². The smallest absolute Gasteiger partial charge is 0.328 e. The van der Waals surface area contributed by atoms with Gasteiger partial charge in [-0.2, -0.15) is 0 Å². The molecule has 0 aromatic rings. The van der Waals surface area contributed by atoms with E-state index < -0.39 is 17.7 Å². The van der Waals surface area contributed by atoms with E-state index in [-0.39, 0.29) is 12.0 Å². The maximum absolute atomic E-state index is 10.4. The van der Waals surface area contributed by atoms with Gasteiger partial charge in [-0.3, -0.25) is 0 Å². The second-order valence-electron chi connectivity index (χ2n) is 5.96. The van der Waals surface area contributed by atoms with Crippen LogP contribution in [-0.4, -0.2) is 44.2 Å². The summed E-state index contributed by atoms with van der Waals surface area (Å²) in [5.41, 5.74) is -1.24. The summed E-state index contributed by atoms with van der Waals surface area (Å²) in [6, 6.07) is 0. The zero-order chi connectivity index (χ0) is 15.9. The molecule has 0 amide bonds. The molecular weight excluding hydrogens is 272 g/mol. The Balaban J connectivity index is 2.40. The van der Waals surface area contributed by atoms with Gasteiger partial charge < -0.3 is 20.4 Å². The number of aliphatic carboxylic acids is 1. The van der Waals surface area contributed by atoms with Crippen molar-refractivity contribution in [2.45, 2.75) is 63.3 Å². The van der Waals surface area contributed by atoms with Crippen LogP contribution in [0.15, 0.2) is 24.3 Å². The number of carboxylic acids is 1. The SMILES string of the molecule is CC(O)CCCC=CC1CCC(O)(C(O)/C=C/C(=O)O)C1. The molecule has 0 aromatic carbocycles. The van der Waals surface area contributed by atoms with Gasteiger partial charge in [0, 0.05) is 6.08 Å². The number of hydrogen-bond acceptors (Lipinski definition) is 4. The fraction of sp³-hybridized carbons (Fsp3) is 0.688. The van der Waals surface area contributed by atoms with Crippen LogP contribution < -0.4 is 0 Å². The Hall–Kier alpha value is -1.17. The van der Waals surface area contributed by atoms with Gasteiger partial charge in [0.1, 0.15) is 6.10 Å². The zero-order valence-electron chi connectivity index (χ0n) is 12.5. The number of carboxylic acid groups (broad SMARTS) is 1. The number of carbonyl (C=O) groups is 1. The first-order valence-electron chi connectivity index (χ1n) is 7.50. The predicted octanol–water partition coefficient (Wildman–Crippen LogP) is 1.63. The van der Waals surface area contributed by atoms with Crippen molar-refractivity contribution in [2.75, 3.05) is 0 Å². The molecule has 5 nitrogen and oxygen atoms in total. The molecule has 21 heavy (non-hydrogen) atoms. The second kappa shape index (κ2) is 8.32. The van der Waals surface area contributed by atoms with E-state index in [0.29, 0.717) is 12.8 Å². The summed E-state index contributed by atoms with van der Waals surface area (Å²) in [5.74, 6) is -0.931. The number of allylic oxidation sites excluding steroid dienone is 2. The van der Waals surface area contributed by atoms with Crippen molar-refractivity contribution in [3.63, 3.8) is 0 Å². The van der Waals surface area contributed by atoms with Gasteiger partial charge in [0.25, 0.3) is 0 Å². The Morgan fingerprint density at radius 3 is 2.76 bits per heavy atom. The van der Waals surface area contributed by atoms with E-state index in [1.54, 1.807) is 6.92 Å². The first-order chi connectivity index (χ1) is 9.83. The molecule has 1 aliphatic rings. The molecule has 5 heteroatoms. The molecule has 1 fully saturated rings. The lowest BCUT2D eigenvalue weighted by Crippen LogP contribution is -2.38. The summed E-state index contributed by atoms with van der Waals surface area (Å²) in [4.78, 5) is 10.4. The van der Waals surface area contributed by atoms with E-state index in [2.05, 4.69) is 6.08 Å². The van der Waals surface area contributed by atoms with Crippen LogP contribution in [0.25, 0.3) is 0 Å². The highest BCUT2D eigenvalue weighted by atomic mass is 16.4. The monoisotopic (exact) mass is 298 g/mol. The van der Waals surface area contributed by atoms with E-state index in [1.165, 1.54) is 0 Å². The van der Waals surface area contributed by atoms with Gasteiger partial charge in [-0.15, -0.1) is 0 Å². The van der Waals surface area contributed by atoms with E-state index in [1.807, 2.05) is 6.08 Å². The number of rotatable bonds is 8. The number of hydrogen-bond donors (Lipinski definition) is 4. The van der Waals surface area contributed by atoms with Crippen molar-refractivity contribution in [1.82, 2.24) is 0 Å². The molecule has 1 rings (SSSR count).